The van der Waals surface area contributed by atoms with Crippen molar-refractivity contribution < 1.29 is 26.4 Å². The van der Waals surface area contributed by atoms with Gasteiger partial charge in [-0.05, 0) is 49.3 Å². The lowest BCUT2D eigenvalue weighted by Gasteiger charge is -2.26. The summed E-state index contributed by atoms with van der Waals surface area (Å²) in [6.45, 7) is -0.534. The molecule has 3 atom stereocenters. The van der Waals surface area contributed by atoms with Crippen molar-refractivity contribution in [2.24, 2.45) is 11.8 Å². The molecule has 2 bridgehead atoms. The number of amides is 1. The molecule has 26 heavy (non-hydrogen) atoms. The molecule has 0 saturated heterocycles. The number of nitrogens with one attached hydrogen (secondary N) is 1. The van der Waals surface area contributed by atoms with Crippen molar-refractivity contribution in [1.29, 1.82) is 0 Å². The second-order valence-electron chi connectivity index (χ2n) is 7.17. The zero-order chi connectivity index (χ0) is 19.1. The van der Waals surface area contributed by atoms with Crippen molar-refractivity contribution in [3.63, 3.8) is 0 Å². The molecule has 0 unspecified atom stereocenters. The molecule has 1 N–H and O–H groups in total. The predicted octanol–water partition coefficient (Wildman–Crippen LogP) is 2.78. The summed E-state index contributed by atoms with van der Waals surface area (Å²) in [5.74, 6) is 0.536. The number of sulfonamides is 1. The maximum Gasteiger partial charge on any atom is 0.416 e. The largest absolute Gasteiger partial charge is 0.416 e. The number of nitrogens with zero attached hydrogens (tertiary/aromatic N) is 1. The molecular formula is C17H21F3N2O3S. The predicted molar refractivity (Wildman–Crippen MR) is 91.0 cm³/mol. The highest BCUT2D eigenvalue weighted by atomic mass is 32.2. The zero-order valence-corrected chi connectivity index (χ0v) is 15.1. The van der Waals surface area contributed by atoms with Crippen LogP contribution in [-0.2, 0) is 21.0 Å². The number of alkyl halides is 3. The van der Waals surface area contributed by atoms with E-state index >= 15 is 0 Å². The van der Waals surface area contributed by atoms with Crippen LogP contribution in [0.5, 0.6) is 0 Å². The first-order valence-corrected chi connectivity index (χ1v) is 10.3. The smallest absolute Gasteiger partial charge is 0.352 e. The Morgan fingerprint density at radius 2 is 2.00 bits per heavy atom. The number of fused-ring (bicyclic) bond motifs is 2. The standard InChI is InChI=1S/C17H21F3N2O3S/c1-26(24,25)22(14-4-2-3-13(9-14)17(18,19)20)10-16(23)21-15-8-11-5-6-12(15)7-11/h2-4,9,11-12,15H,5-8,10H2,1H3,(H,21,23)/t11-,12+,15-/m1/s1. The molecule has 0 spiro atoms. The first kappa shape index (κ1) is 19.0. The first-order chi connectivity index (χ1) is 12.0. The lowest BCUT2D eigenvalue weighted by molar-refractivity contribution is -0.137. The van der Waals surface area contributed by atoms with Crippen LogP contribution >= 0.6 is 0 Å². The van der Waals surface area contributed by atoms with Crippen LogP contribution in [0, 0.1) is 11.8 Å². The van der Waals surface area contributed by atoms with E-state index in [1.807, 2.05) is 0 Å². The summed E-state index contributed by atoms with van der Waals surface area (Å²) in [6.07, 6.45) is 0.464. The highest BCUT2D eigenvalue weighted by molar-refractivity contribution is 7.92. The Hall–Kier alpha value is -1.77. The van der Waals surface area contributed by atoms with Gasteiger partial charge in [0.05, 0.1) is 17.5 Å². The lowest BCUT2D eigenvalue weighted by Crippen LogP contribution is -2.45. The van der Waals surface area contributed by atoms with Crippen LogP contribution in [0.2, 0.25) is 0 Å². The molecule has 3 rings (SSSR count). The van der Waals surface area contributed by atoms with E-state index in [0.29, 0.717) is 16.1 Å². The van der Waals surface area contributed by atoms with E-state index in [1.165, 1.54) is 6.07 Å². The van der Waals surface area contributed by atoms with Crippen LogP contribution in [0.3, 0.4) is 0 Å². The van der Waals surface area contributed by atoms with Gasteiger partial charge in [0.15, 0.2) is 0 Å². The third kappa shape index (κ3) is 4.13. The Labute approximate surface area is 150 Å². The topological polar surface area (TPSA) is 66.5 Å². The fourth-order valence-corrected chi connectivity index (χ4v) is 4.89. The SMILES string of the molecule is CS(=O)(=O)N(CC(=O)N[C@@H]1C[C@@H]2CC[C@H]1C2)c1cccc(C(F)(F)F)c1. The highest BCUT2D eigenvalue weighted by Gasteiger charge is 2.40. The molecule has 2 aliphatic rings. The Kier molecular flexibility index (Phi) is 4.94. The first-order valence-electron chi connectivity index (χ1n) is 8.48. The molecular weight excluding hydrogens is 369 g/mol. The summed E-state index contributed by atoms with van der Waals surface area (Å²) in [7, 11) is -3.91. The summed E-state index contributed by atoms with van der Waals surface area (Å²) in [6, 6.07) is 4.01. The normalized spacial score (nSPS) is 25.3. The summed E-state index contributed by atoms with van der Waals surface area (Å²) < 4.78 is 63.5. The highest BCUT2D eigenvalue weighted by Crippen LogP contribution is 2.44. The minimum Gasteiger partial charge on any atom is -0.352 e. The molecule has 144 valence electrons. The molecule has 0 aliphatic heterocycles. The van der Waals surface area contributed by atoms with Gasteiger partial charge in [-0.3, -0.25) is 9.10 Å². The monoisotopic (exact) mass is 390 g/mol. The third-order valence-corrected chi connectivity index (χ3v) is 6.37. The summed E-state index contributed by atoms with van der Waals surface area (Å²) in [5.41, 5.74) is -1.14. The zero-order valence-electron chi connectivity index (χ0n) is 14.3. The van der Waals surface area contributed by atoms with Gasteiger partial charge in [0.1, 0.15) is 6.54 Å². The van der Waals surface area contributed by atoms with Crippen LogP contribution in [0.1, 0.15) is 31.2 Å². The van der Waals surface area contributed by atoms with Gasteiger partial charge in [-0.1, -0.05) is 12.5 Å². The van der Waals surface area contributed by atoms with Crippen molar-refractivity contribution in [3.8, 4) is 0 Å². The quantitative estimate of drug-likeness (QED) is 0.841. The van der Waals surface area contributed by atoms with E-state index in [2.05, 4.69) is 5.32 Å². The minimum absolute atomic E-state index is 0.0316. The number of carbonyl (C=O) groups excluding carboxylic acids is 1. The Morgan fingerprint density at radius 1 is 1.27 bits per heavy atom. The van der Waals surface area contributed by atoms with Gasteiger partial charge in [-0.2, -0.15) is 13.2 Å². The number of rotatable bonds is 5. The van der Waals surface area contributed by atoms with Crippen LogP contribution in [-0.4, -0.2) is 33.2 Å². The minimum atomic E-state index is -4.59. The van der Waals surface area contributed by atoms with Crippen molar-refractivity contribution in [3.05, 3.63) is 29.8 Å². The van der Waals surface area contributed by atoms with Gasteiger partial charge in [0.25, 0.3) is 0 Å². The van der Waals surface area contributed by atoms with Crippen LogP contribution in [0.15, 0.2) is 24.3 Å². The van der Waals surface area contributed by atoms with Gasteiger partial charge < -0.3 is 5.32 Å². The fraction of sp³-hybridized carbons (Fsp3) is 0.588. The molecule has 0 radical (unpaired) electrons. The molecule has 1 aromatic carbocycles. The van der Waals surface area contributed by atoms with Crippen LogP contribution in [0.4, 0.5) is 18.9 Å². The Bertz CT molecular complexity index is 795. The Balaban J connectivity index is 1.76. The van der Waals surface area contributed by atoms with Gasteiger partial charge in [0, 0.05) is 6.04 Å². The van der Waals surface area contributed by atoms with E-state index in [0.717, 1.165) is 50.1 Å². The second kappa shape index (κ2) is 6.75. The number of benzene rings is 1. The number of anilines is 1. The number of hydrogen-bond donors (Lipinski definition) is 1. The summed E-state index contributed by atoms with van der Waals surface area (Å²) >= 11 is 0. The van der Waals surface area contributed by atoms with E-state index in [-0.39, 0.29) is 11.7 Å². The van der Waals surface area contributed by atoms with E-state index in [9.17, 15) is 26.4 Å². The third-order valence-electron chi connectivity index (χ3n) is 5.23. The maximum absolute atomic E-state index is 12.9. The van der Waals surface area contributed by atoms with Crippen molar-refractivity contribution in [2.45, 2.75) is 37.9 Å². The molecule has 2 fully saturated rings. The van der Waals surface area contributed by atoms with Gasteiger partial charge in [0.2, 0.25) is 15.9 Å². The van der Waals surface area contributed by atoms with Crippen molar-refractivity contribution >= 4 is 21.6 Å². The summed E-state index contributed by atoms with van der Waals surface area (Å²) in [5, 5.41) is 2.86. The molecule has 0 aromatic heterocycles. The number of hydrogen-bond acceptors (Lipinski definition) is 3. The summed E-state index contributed by atoms with van der Waals surface area (Å²) in [4.78, 5) is 12.3. The second-order valence-corrected chi connectivity index (χ2v) is 9.07. The average molecular weight is 390 g/mol. The van der Waals surface area contributed by atoms with E-state index < -0.39 is 34.2 Å². The van der Waals surface area contributed by atoms with Crippen molar-refractivity contribution in [1.82, 2.24) is 5.32 Å². The Morgan fingerprint density at radius 3 is 2.54 bits per heavy atom. The van der Waals surface area contributed by atoms with Gasteiger partial charge >= 0.3 is 6.18 Å². The average Bonchev–Trinajstić information content (AvgIpc) is 3.13. The molecule has 2 saturated carbocycles. The fourth-order valence-electron chi connectivity index (χ4n) is 4.04. The maximum atomic E-state index is 12.9. The molecule has 0 heterocycles. The lowest BCUT2D eigenvalue weighted by atomic mass is 9.95. The molecule has 9 heteroatoms. The van der Waals surface area contributed by atoms with Crippen LogP contribution < -0.4 is 9.62 Å². The molecule has 2 aliphatic carbocycles. The number of carbonyl (C=O) groups is 1. The van der Waals surface area contributed by atoms with Crippen LogP contribution in [0.25, 0.3) is 0 Å². The van der Waals surface area contributed by atoms with Crippen molar-refractivity contribution in [2.75, 3.05) is 17.1 Å². The van der Waals surface area contributed by atoms with E-state index in [4.69, 9.17) is 0 Å². The van der Waals surface area contributed by atoms with Gasteiger partial charge in [-0.15, -0.1) is 0 Å². The molecule has 5 nitrogen and oxygen atoms in total. The molecule has 1 amide bonds. The molecule has 1 aromatic rings. The van der Waals surface area contributed by atoms with E-state index in [1.54, 1.807) is 0 Å². The number of halogens is 3. The van der Waals surface area contributed by atoms with Gasteiger partial charge in [-0.25, -0.2) is 8.42 Å².